The first kappa shape index (κ1) is 18.2. The van der Waals surface area contributed by atoms with Gasteiger partial charge in [0.2, 0.25) is 11.8 Å². The molecule has 0 saturated carbocycles. The third-order valence-corrected chi connectivity index (χ3v) is 4.19. The maximum atomic E-state index is 12.6. The van der Waals surface area contributed by atoms with Crippen molar-refractivity contribution in [1.82, 2.24) is 0 Å². The Kier molecular flexibility index (Phi) is 5.21. The molecule has 0 aromatic heterocycles. The highest BCUT2D eigenvalue weighted by atomic mass is 16.3. The van der Waals surface area contributed by atoms with Crippen molar-refractivity contribution in [2.24, 2.45) is 0 Å². The molecule has 0 fully saturated rings. The lowest BCUT2D eigenvalue weighted by Gasteiger charge is -2.12. The van der Waals surface area contributed by atoms with Crippen molar-refractivity contribution in [1.29, 1.82) is 0 Å². The predicted octanol–water partition coefficient (Wildman–Crippen LogP) is 3.04. The van der Waals surface area contributed by atoms with E-state index < -0.39 is 11.8 Å². The molecule has 1 aliphatic heterocycles. The second kappa shape index (κ2) is 7.74. The fourth-order valence-electron chi connectivity index (χ4n) is 2.83. The molecule has 1 aliphatic rings. The Bertz CT molecular complexity index is 937. The number of hydrogen-bond acceptors (Lipinski definition) is 4. The van der Waals surface area contributed by atoms with Gasteiger partial charge in [0.15, 0.2) is 0 Å². The third-order valence-electron chi connectivity index (χ3n) is 4.19. The number of phenolic OH excluding ortho intramolecular Hbond substituents is 1. The minimum Gasteiger partial charge on any atom is -0.507 e. The maximum Gasteiger partial charge on any atom is 0.259 e. The molecule has 0 bridgehead atoms. The monoisotopic (exact) mass is 365 g/mol. The molecule has 2 aromatic rings. The summed E-state index contributed by atoms with van der Waals surface area (Å²) in [7, 11) is 0. The van der Waals surface area contributed by atoms with Crippen LogP contribution in [0.5, 0.6) is 5.75 Å². The number of nitrogens with one attached hydrogen (secondary N) is 3. The van der Waals surface area contributed by atoms with Crippen LogP contribution in [0.1, 0.15) is 28.8 Å². The van der Waals surface area contributed by atoms with Crippen LogP contribution in [0, 0.1) is 0 Å². The molecule has 0 atom stereocenters. The molecular formula is C20H19N3O4. The largest absolute Gasteiger partial charge is 0.507 e. The molecule has 7 heteroatoms. The molecule has 1 heterocycles. The second-order valence-corrected chi connectivity index (χ2v) is 6.15. The zero-order valence-electron chi connectivity index (χ0n) is 14.5. The van der Waals surface area contributed by atoms with Gasteiger partial charge in [0.05, 0.1) is 5.56 Å². The molecule has 27 heavy (non-hydrogen) atoms. The van der Waals surface area contributed by atoms with Gasteiger partial charge in [-0.1, -0.05) is 12.6 Å². The van der Waals surface area contributed by atoms with Crippen LogP contribution >= 0.6 is 0 Å². The van der Waals surface area contributed by atoms with Crippen LogP contribution in [-0.2, 0) is 16.0 Å². The molecule has 0 saturated heterocycles. The summed E-state index contributed by atoms with van der Waals surface area (Å²) in [5.41, 5.74) is 2.54. The van der Waals surface area contributed by atoms with Gasteiger partial charge in [0, 0.05) is 23.5 Å². The highest BCUT2D eigenvalue weighted by Gasteiger charge is 2.16. The molecule has 3 amide bonds. The molecule has 2 aromatic carbocycles. The van der Waals surface area contributed by atoms with E-state index in [9.17, 15) is 19.5 Å². The van der Waals surface area contributed by atoms with E-state index in [1.807, 2.05) is 6.07 Å². The lowest BCUT2D eigenvalue weighted by Crippen LogP contribution is -2.14. The first-order chi connectivity index (χ1) is 13.0. The van der Waals surface area contributed by atoms with Crippen LogP contribution in [0.3, 0.4) is 0 Å². The lowest BCUT2D eigenvalue weighted by molar-refractivity contribution is -0.116. The second-order valence-electron chi connectivity index (χ2n) is 6.15. The van der Waals surface area contributed by atoms with E-state index in [0.29, 0.717) is 23.5 Å². The summed E-state index contributed by atoms with van der Waals surface area (Å²) in [6.07, 6.45) is 3.14. The minimum atomic E-state index is -0.540. The van der Waals surface area contributed by atoms with E-state index in [2.05, 4.69) is 22.5 Å². The van der Waals surface area contributed by atoms with Gasteiger partial charge in [0.25, 0.3) is 5.91 Å². The van der Waals surface area contributed by atoms with E-state index >= 15 is 0 Å². The number of fused-ring (bicyclic) bond motifs is 1. The molecular weight excluding hydrogens is 346 g/mol. The van der Waals surface area contributed by atoms with Crippen molar-refractivity contribution in [2.45, 2.75) is 19.3 Å². The Morgan fingerprint density at radius 3 is 2.59 bits per heavy atom. The number of aryl methyl sites for hydroxylation is 1. The van der Waals surface area contributed by atoms with Crippen molar-refractivity contribution in [3.63, 3.8) is 0 Å². The quantitative estimate of drug-likeness (QED) is 0.493. The van der Waals surface area contributed by atoms with Crippen LogP contribution in [0.25, 0.3) is 0 Å². The normalized spacial score (nSPS) is 13.0. The summed E-state index contributed by atoms with van der Waals surface area (Å²) in [4.78, 5) is 35.7. The smallest absolute Gasteiger partial charge is 0.259 e. The molecule has 138 valence electrons. The van der Waals surface area contributed by atoms with Crippen molar-refractivity contribution in [3.05, 3.63) is 60.2 Å². The van der Waals surface area contributed by atoms with Crippen LogP contribution in [-0.4, -0.2) is 22.8 Å². The Labute approximate surface area is 156 Å². The van der Waals surface area contributed by atoms with Gasteiger partial charge < -0.3 is 21.1 Å². The minimum absolute atomic E-state index is 0.0100. The Morgan fingerprint density at radius 2 is 1.81 bits per heavy atom. The fourth-order valence-corrected chi connectivity index (χ4v) is 2.83. The summed E-state index contributed by atoms with van der Waals surface area (Å²) in [5.74, 6) is -1.23. The number of anilines is 3. The number of rotatable bonds is 4. The molecule has 0 spiro atoms. The number of hydrogen-bond donors (Lipinski definition) is 4. The van der Waals surface area contributed by atoms with Gasteiger partial charge in [-0.2, -0.15) is 0 Å². The molecule has 3 rings (SSSR count). The zero-order valence-corrected chi connectivity index (χ0v) is 14.5. The van der Waals surface area contributed by atoms with Crippen molar-refractivity contribution >= 4 is 34.8 Å². The van der Waals surface area contributed by atoms with E-state index in [0.717, 1.165) is 24.5 Å². The lowest BCUT2D eigenvalue weighted by atomic mass is 10.1. The maximum absolute atomic E-state index is 12.6. The van der Waals surface area contributed by atoms with E-state index in [1.165, 1.54) is 18.2 Å². The third kappa shape index (κ3) is 4.33. The summed E-state index contributed by atoms with van der Waals surface area (Å²) in [6.45, 7) is 3.36. The zero-order chi connectivity index (χ0) is 19.4. The van der Waals surface area contributed by atoms with Crippen molar-refractivity contribution in [2.75, 3.05) is 16.0 Å². The van der Waals surface area contributed by atoms with Gasteiger partial charge in [0.1, 0.15) is 5.75 Å². The number of benzene rings is 2. The number of carbonyl (C=O) groups excluding carboxylic acids is 3. The standard InChI is InChI=1S/C20H19N3O4/c1-2-18(25)21-13-8-9-17(24)15(10-13)20(27)22-14-7-6-12-4-3-5-19(26)23-16(12)11-14/h2,6-11,24H,1,3-5H2,(H,21,25)(H,22,27)(H,23,26). The molecule has 0 radical (unpaired) electrons. The highest BCUT2D eigenvalue weighted by Crippen LogP contribution is 2.27. The summed E-state index contributed by atoms with van der Waals surface area (Å²) in [6, 6.07) is 9.47. The van der Waals surface area contributed by atoms with Crippen LogP contribution in [0.2, 0.25) is 0 Å². The van der Waals surface area contributed by atoms with Gasteiger partial charge >= 0.3 is 0 Å². The Hall–Kier alpha value is -3.61. The first-order valence-electron chi connectivity index (χ1n) is 8.47. The number of phenols is 1. The molecule has 0 aliphatic carbocycles. The van der Waals surface area contributed by atoms with E-state index in [1.54, 1.807) is 12.1 Å². The summed E-state index contributed by atoms with van der Waals surface area (Å²) < 4.78 is 0. The molecule has 4 N–H and O–H groups in total. The fraction of sp³-hybridized carbons (Fsp3) is 0.150. The van der Waals surface area contributed by atoms with Gasteiger partial charge in [-0.25, -0.2) is 0 Å². The Balaban J connectivity index is 1.81. The van der Waals surface area contributed by atoms with Crippen molar-refractivity contribution < 1.29 is 19.5 Å². The van der Waals surface area contributed by atoms with E-state index in [-0.39, 0.29) is 17.2 Å². The van der Waals surface area contributed by atoms with Crippen LogP contribution < -0.4 is 16.0 Å². The average molecular weight is 365 g/mol. The average Bonchev–Trinajstić information content (AvgIpc) is 2.83. The molecule has 0 unspecified atom stereocenters. The topological polar surface area (TPSA) is 108 Å². The number of aromatic hydroxyl groups is 1. The summed E-state index contributed by atoms with van der Waals surface area (Å²) >= 11 is 0. The first-order valence-corrected chi connectivity index (χ1v) is 8.47. The van der Waals surface area contributed by atoms with Crippen LogP contribution in [0.15, 0.2) is 49.1 Å². The highest BCUT2D eigenvalue weighted by molar-refractivity contribution is 6.08. The number of carbonyl (C=O) groups is 3. The SMILES string of the molecule is C=CC(=O)Nc1ccc(O)c(C(=O)Nc2ccc3c(c2)NC(=O)CCC3)c1. The predicted molar refractivity (Wildman–Crippen MR) is 103 cm³/mol. The number of amides is 3. The van der Waals surface area contributed by atoms with Crippen molar-refractivity contribution in [3.8, 4) is 5.75 Å². The van der Waals surface area contributed by atoms with Crippen LogP contribution in [0.4, 0.5) is 17.1 Å². The Morgan fingerprint density at radius 1 is 1.07 bits per heavy atom. The van der Waals surface area contributed by atoms with Gasteiger partial charge in [-0.15, -0.1) is 0 Å². The van der Waals surface area contributed by atoms with Gasteiger partial charge in [-0.3, -0.25) is 14.4 Å². The summed E-state index contributed by atoms with van der Waals surface area (Å²) in [5, 5.41) is 18.0. The molecule has 7 nitrogen and oxygen atoms in total. The van der Waals surface area contributed by atoms with Gasteiger partial charge in [-0.05, 0) is 54.8 Å². The van der Waals surface area contributed by atoms with E-state index in [4.69, 9.17) is 0 Å².